The van der Waals surface area contributed by atoms with E-state index in [1.54, 1.807) is 7.11 Å². The second-order valence-corrected chi connectivity index (χ2v) is 5.28. The number of hydrogen-bond acceptors (Lipinski definition) is 5. The molecule has 0 N–H and O–H groups in total. The number of methoxy groups -OCH3 is 1. The molecule has 1 atom stereocenters. The van der Waals surface area contributed by atoms with Crippen molar-refractivity contribution in [2.24, 2.45) is 0 Å². The predicted molar refractivity (Wildman–Crippen MR) is 79.2 cm³/mol. The monoisotopic (exact) mass is 300 g/mol. The highest BCUT2D eigenvalue weighted by atomic mass is 16.7. The summed E-state index contributed by atoms with van der Waals surface area (Å²) in [7, 11) is 1.66. The molecule has 0 saturated heterocycles. The molecule has 114 valence electrons. The van der Waals surface area contributed by atoms with E-state index in [2.05, 4.69) is 6.92 Å². The summed E-state index contributed by atoms with van der Waals surface area (Å²) in [5.41, 5.74) is 2.17. The Kier molecular flexibility index (Phi) is 2.99. The zero-order chi connectivity index (χ0) is 15.1. The van der Waals surface area contributed by atoms with Gasteiger partial charge in [0.2, 0.25) is 13.6 Å². The molecular formula is C17H16O5. The normalized spacial score (nSPS) is 15.7. The van der Waals surface area contributed by atoms with Crippen LogP contribution in [0, 0.1) is 0 Å². The average Bonchev–Trinajstić information content (AvgIpc) is 3.20. The van der Waals surface area contributed by atoms with E-state index in [0.717, 1.165) is 39.9 Å². The third kappa shape index (κ3) is 2.01. The molecule has 0 aromatic heterocycles. The van der Waals surface area contributed by atoms with Gasteiger partial charge in [-0.2, -0.15) is 0 Å². The SMILES string of the molecule is COc1cc2c(cc1C(C)c1ccc3c(c1)OCO3)OCO2. The summed E-state index contributed by atoms with van der Waals surface area (Å²) in [4.78, 5) is 0. The van der Waals surface area contributed by atoms with E-state index in [-0.39, 0.29) is 19.5 Å². The van der Waals surface area contributed by atoms with Crippen molar-refractivity contribution in [3.8, 4) is 28.7 Å². The van der Waals surface area contributed by atoms with Crippen LogP contribution in [-0.4, -0.2) is 20.7 Å². The Morgan fingerprint density at radius 3 is 2.23 bits per heavy atom. The Balaban J connectivity index is 1.74. The summed E-state index contributed by atoms with van der Waals surface area (Å²) in [5, 5.41) is 0. The molecule has 2 aliphatic rings. The van der Waals surface area contributed by atoms with E-state index in [9.17, 15) is 0 Å². The van der Waals surface area contributed by atoms with Crippen molar-refractivity contribution in [1.29, 1.82) is 0 Å². The number of ether oxygens (including phenoxy) is 5. The van der Waals surface area contributed by atoms with Gasteiger partial charge in [-0.15, -0.1) is 0 Å². The van der Waals surface area contributed by atoms with Crippen molar-refractivity contribution in [2.75, 3.05) is 20.7 Å². The van der Waals surface area contributed by atoms with Crippen molar-refractivity contribution in [3.63, 3.8) is 0 Å². The first kappa shape index (κ1) is 13.1. The zero-order valence-electron chi connectivity index (χ0n) is 12.4. The van der Waals surface area contributed by atoms with Gasteiger partial charge in [-0.1, -0.05) is 13.0 Å². The van der Waals surface area contributed by atoms with Crippen LogP contribution in [0.15, 0.2) is 30.3 Å². The highest BCUT2D eigenvalue weighted by Crippen LogP contribution is 2.43. The van der Waals surface area contributed by atoms with Gasteiger partial charge in [-0.25, -0.2) is 0 Å². The lowest BCUT2D eigenvalue weighted by molar-refractivity contribution is 0.173. The first-order valence-electron chi connectivity index (χ1n) is 7.13. The molecule has 1 unspecified atom stereocenters. The average molecular weight is 300 g/mol. The fraction of sp³-hybridized carbons (Fsp3) is 0.294. The van der Waals surface area contributed by atoms with E-state index in [4.69, 9.17) is 23.7 Å². The largest absolute Gasteiger partial charge is 0.496 e. The quantitative estimate of drug-likeness (QED) is 0.870. The van der Waals surface area contributed by atoms with Crippen LogP contribution in [0.2, 0.25) is 0 Å². The third-order valence-electron chi connectivity index (χ3n) is 4.09. The van der Waals surface area contributed by atoms with Crippen LogP contribution in [0.5, 0.6) is 28.7 Å². The van der Waals surface area contributed by atoms with Gasteiger partial charge in [0.1, 0.15) is 5.75 Å². The molecular weight excluding hydrogens is 284 g/mol. The summed E-state index contributed by atoms with van der Waals surface area (Å²) in [6.07, 6.45) is 0. The number of benzene rings is 2. The van der Waals surface area contributed by atoms with E-state index < -0.39 is 0 Å². The van der Waals surface area contributed by atoms with Gasteiger partial charge in [-0.05, 0) is 23.8 Å². The molecule has 2 heterocycles. The summed E-state index contributed by atoms with van der Waals surface area (Å²) in [6.45, 7) is 2.65. The molecule has 2 aromatic carbocycles. The number of hydrogen-bond donors (Lipinski definition) is 0. The minimum atomic E-state index is 0.124. The molecule has 4 rings (SSSR count). The van der Waals surface area contributed by atoms with E-state index in [1.807, 2.05) is 30.3 Å². The van der Waals surface area contributed by atoms with E-state index in [0.29, 0.717) is 0 Å². The topological polar surface area (TPSA) is 46.2 Å². The molecule has 0 saturated carbocycles. The van der Waals surface area contributed by atoms with Gasteiger partial charge in [0.25, 0.3) is 0 Å². The third-order valence-corrected chi connectivity index (χ3v) is 4.09. The molecule has 0 spiro atoms. The molecule has 2 aromatic rings. The van der Waals surface area contributed by atoms with Crippen molar-refractivity contribution in [1.82, 2.24) is 0 Å². The van der Waals surface area contributed by atoms with Crippen molar-refractivity contribution in [3.05, 3.63) is 41.5 Å². The Hall–Kier alpha value is -2.56. The highest BCUT2D eigenvalue weighted by Gasteiger charge is 2.23. The number of fused-ring (bicyclic) bond motifs is 2. The molecule has 5 nitrogen and oxygen atoms in total. The molecule has 0 amide bonds. The second kappa shape index (κ2) is 5.02. The smallest absolute Gasteiger partial charge is 0.231 e. The standard InChI is InChI=1S/C17H16O5/c1-10(11-3-4-13-15(5-11)20-8-19-13)12-6-16-17(22-9-21-16)7-14(12)18-2/h3-7,10H,8-9H2,1-2H3. The predicted octanol–water partition coefficient (Wildman–Crippen LogP) is 3.30. The summed E-state index contributed by atoms with van der Waals surface area (Å²) in [5.74, 6) is 3.95. The van der Waals surface area contributed by atoms with Crippen LogP contribution in [0.1, 0.15) is 24.0 Å². The lowest BCUT2D eigenvalue weighted by Gasteiger charge is -2.17. The lowest BCUT2D eigenvalue weighted by atomic mass is 9.91. The van der Waals surface area contributed by atoms with Gasteiger partial charge in [-0.3, -0.25) is 0 Å². The van der Waals surface area contributed by atoms with Gasteiger partial charge >= 0.3 is 0 Å². The highest BCUT2D eigenvalue weighted by molar-refractivity contribution is 5.55. The first-order chi connectivity index (χ1) is 10.8. The maximum atomic E-state index is 5.51. The van der Waals surface area contributed by atoms with Crippen molar-refractivity contribution >= 4 is 0 Å². The maximum Gasteiger partial charge on any atom is 0.231 e. The first-order valence-corrected chi connectivity index (χ1v) is 7.13. The second-order valence-electron chi connectivity index (χ2n) is 5.28. The Labute approximate surface area is 128 Å². The summed E-state index contributed by atoms with van der Waals surface area (Å²) >= 11 is 0. The Morgan fingerprint density at radius 2 is 1.50 bits per heavy atom. The minimum absolute atomic E-state index is 0.124. The van der Waals surface area contributed by atoms with Crippen LogP contribution in [0.4, 0.5) is 0 Å². The Morgan fingerprint density at radius 1 is 0.864 bits per heavy atom. The molecule has 0 bridgehead atoms. The molecule has 0 fully saturated rings. The van der Waals surface area contributed by atoms with Crippen molar-refractivity contribution in [2.45, 2.75) is 12.8 Å². The van der Waals surface area contributed by atoms with Crippen LogP contribution in [0.25, 0.3) is 0 Å². The van der Waals surface area contributed by atoms with Crippen LogP contribution in [0.3, 0.4) is 0 Å². The number of rotatable bonds is 3. The lowest BCUT2D eigenvalue weighted by Crippen LogP contribution is -2.00. The molecule has 0 radical (unpaired) electrons. The fourth-order valence-electron chi connectivity index (χ4n) is 2.82. The van der Waals surface area contributed by atoms with Gasteiger partial charge in [0, 0.05) is 17.5 Å². The summed E-state index contributed by atoms with van der Waals surface area (Å²) in [6, 6.07) is 9.85. The van der Waals surface area contributed by atoms with E-state index >= 15 is 0 Å². The van der Waals surface area contributed by atoms with Crippen LogP contribution < -0.4 is 23.7 Å². The molecule has 22 heavy (non-hydrogen) atoms. The minimum Gasteiger partial charge on any atom is -0.496 e. The fourth-order valence-corrected chi connectivity index (χ4v) is 2.82. The molecule has 5 heteroatoms. The molecule has 0 aliphatic carbocycles. The molecule has 2 aliphatic heterocycles. The van der Waals surface area contributed by atoms with Gasteiger partial charge in [0.05, 0.1) is 7.11 Å². The van der Waals surface area contributed by atoms with Gasteiger partial charge < -0.3 is 23.7 Å². The summed E-state index contributed by atoms with van der Waals surface area (Å²) < 4.78 is 27.2. The van der Waals surface area contributed by atoms with Crippen LogP contribution in [-0.2, 0) is 0 Å². The van der Waals surface area contributed by atoms with E-state index in [1.165, 1.54) is 0 Å². The van der Waals surface area contributed by atoms with Gasteiger partial charge in [0.15, 0.2) is 23.0 Å². The Bertz CT molecular complexity index is 725. The van der Waals surface area contributed by atoms with Crippen LogP contribution >= 0.6 is 0 Å². The zero-order valence-corrected chi connectivity index (χ0v) is 12.4. The van der Waals surface area contributed by atoms with Crippen molar-refractivity contribution < 1.29 is 23.7 Å². The maximum absolute atomic E-state index is 5.51.